The van der Waals surface area contributed by atoms with E-state index < -0.39 is 0 Å². The van der Waals surface area contributed by atoms with Gasteiger partial charge in [0.15, 0.2) is 0 Å². The molecule has 0 radical (unpaired) electrons. The van der Waals surface area contributed by atoms with Crippen molar-refractivity contribution in [3.8, 4) is 11.3 Å². The zero-order valence-electron chi connectivity index (χ0n) is 12.3. The maximum Gasteiger partial charge on any atom is 0.132 e. The molecule has 0 spiro atoms. The van der Waals surface area contributed by atoms with Crippen LogP contribution in [0.1, 0.15) is 11.3 Å². The van der Waals surface area contributed by atoms with Crippen molar-refractivity contribution in [3.63, 3.8) is 0 Å². The molecule has 5 heteroatoms. The molecule has 0 unspecified atom stereocenters. The summed E-state index contributed by atoms with van der Waals surface area (Å²) in [4.78, 5) is 6.26. The molecule has 0 aliphatic heterocycles. The van der Waals surface area contributed by atoms with Crippen LogP contribution in [0.5, 0.6) is 0 Å². The minimum Gasteiger partial charge on any atom is -0.296 e. The molecule has 0 bridgehead atoms. The van der Waals surface area contributed by atoms with Crippen molar-refractivity contribution in [2.24, 2.45) is 0 Å². The standard InChI is InChI=1S/C17H17FN4/c1-22(11-13-5-4-8-19-10-13)12-14-9-17(21-20-14)15-6-2-3-7-16(15)18/h2-10H,11-12H2,1H3,(H,20,21). The quantitative estimate of drug-likeness (QED) is 0.786. The summed E-state index contributed by atoms with van der Waals surface area (Å²) in [6.07, 6.45) is 3.62. The first-order valence-corrected chi connectivity index (χ1v) is 7.09. The average Bonchev–Trinajstić information content (AvgIpc) is 2.97. The van der Waals surface area contributed by atoms with Crippen LogP contribution in [0.2, 0.25) is 0 Å². The van der Waals surface area contributed by atoms with Gasteiger partial charge >= 0.3 is 0 Å². The Hall–Kier alpha value is -2.53. The van der Waals surface area contributed by atoms with Gasteiger partial charge in [-0.15, -0.1) is 0 Å². The lowest BCUT2D eigenvalue weighted by molar-refractivity contribution is 0.314. The Balaban J connectivity index is 1.68. The first kappa shape index (κ1) is 14.4. The third-order valence-corrected chi connectivity index (χ3v) is 3.40. The van der Waals surface area contributed by atoms with E-state index in [1.807, 2.05) is 31.4 Å². The van der Waals surface area contributed by atoms with Crippen molar-refractivity contribution in [1.29, 1.82) is 0 Å². The number of rotatable bonds is 5. The SMILES string of the molecule is CN(Cc1cccnc1)Cc1cc(-c2ccccc2F)n[nH]1. The molecule has 0 saturated heterocycles. The Bertz CT molecular complexity index is 739. The Labute approximate surface area is 128 Å². The molecule has 3 aromatic rings. The molecule has 4 nitrogen and oxygen atoms in total. The first-order chi connectivity index (χ1) is 10.7. The maximum atomic E-state index is 13.8. The van der Waals surface area contributed by atoms with Gasteiger partial charge in [0.25, 0.3) is 0 Å². The van der Waals surface area contributed by atoms with E-state index >= 15 is 0 Å². The van der Waals surface area contributed by atoms with Crippen LogP contribution in [0.3, 0.4) is 0 Å². The molecule has 0 aliphatic rings. The van der Waals surface area contributed by atoms with Gasteiger partial charge in [0.05, 0.1) is 5.69 Å². The summed E-state index contributed by atoms with van der Waals surface area (Å²) >= 11 is 0. The second-order valence-electron chi connectivity index (χ2n) is 5.29. The number of hydrogen-bond donors (Lipinski definition) is 1. The summed E-state index contributed by atoms with van der Waals surface area (Å²) in [5, 5.41) is 7.18. The molecule has 0 saturated carbocycles. The van der Waals surface area contributed by atoms with Crippen LogP contribution in [-0.4, -0.2) is 27.1 Å². The fourth-order valence-electron chi connectivity index (χ4n) is 2.40. The van der Waals surface area contributed by atoms with Crippen LogP contribution in [0.25, 0.3) is 11.3 Å². The summed E-state index contributed by atoms with van der Waals surface area (Å²) in [6.45, 7) is 1.50. The third-order valence-electron chi connectivity index (χ3n) is 3.40. The van der Waals surface area contributed by atoms with E-state index in [-0.39, 0.29) is 5.82 Å². The van der Waals surface area contributed by atoms with E-state index in [1.54, 1.807) is 24.4 Å². The summed E-state index contributed by atoms with van der Waals surface area (Å²) in [6, 6.07) is 12.5. The molecule has 2 aromatic heterocycles. The molecular formula is C17H17FN4. The van der Waals surface area contributed by atoms with Crippen LogP contribution in [0.15, 0.2) is 54.9 Å². The Morgan fingerprint density at radius 3 is 2.77 bits per heavy atom. The van der Waals surface area contributed by atoms with Crippen LogP contribution < -0.4 is 0 Å². The highest BCUT2D eigenvalue weighted by atomic mass is 19.1. The van der Waals surface area contributed by atoms with Gasteiger partial charge in [0, 0.05) is 36.7 Å². The molecule has 22 heavy (non-hydrogen) atoms. The Morgan fingerprint density at radius 2 is 2.00 bits per heavy atom. The number of benzene rings is 1. The van der Waals surface area contributed by atoms with Crippen molar-refractivity contribution in [1.82, 2.24) is 20.1 Å². The topological polar surface area (TPSA) is 44.8 Å². The fourth-order valence-corrected chi connectivity index (χ4v) is 2.40. The molecule has 1 aromatic carbocycles. The smallest absolute Gasteiger partial charge is 0.132 e. The van der Waals surface area contributed by atoms with Gasteiger partial charge in [-0.2, -0.15) is 5.10 Å². The van der Waals surface area contributed by atoms with Crippen molar-refractivity contribution in [2.45, 2.75) is 13.1 Å². The number of H-pyrrole nitrogens is 1. The van der Waals surface area contributed by atoms with E-state index in [0.29, 0.717) is 17.8 Å². The van der Waals surface area contributed by atoms with Crippen LogP contribution in [0, 0.1) is 5.82 Å². The van der Waals surface area contributed by atoms with Crippen LogP contribution in [0.4, 0.5) is 4.39 Å². The highest BCUT2D eigenvalue weighted by Gasteiger charge is 2.10. The van der Waals surface area contributed by atoms with Gasteiger partial charge in [0.2, 0.25) is 0 Å². The summed E-state index contributed by atoms with van der Waals surface area (Å²) in [5.41, 5.74) is 3.24. The number of hydrogen-bond acceptors (Lipinski definition) is 3. The number of pyridine rings is 1. The van der Waals surface area contributed by atoms with E-state index in [0.717, 1.165) is 17.8 Å². The van der Waals surface area contributed by atoms with Gasteiger partial charge in [0.1, 0.15) is 5.82 Å². The number of aromatic amines is 1. The normalized spacial score (nSPS) is 11.0. The Kier molecular flexibility index (Phi) is 4.25. The van der Waals surface area contributed by atoms with Crippen molar-refractivity contribution < 1.29 is 4.39 Å². The highest BCUT2D eigenvalue weighted by molar-refractivity contribution is 5.59. The molecule has 1 N–H and O–H groups in total. The predicted molar refractivity (Wildman–Crippen MR) is 83.4 cm³/mol. The maximum absolute atomic E-state index is 13.8. The molecule has 0 fully saturated rings. The molecule has 2 heterocycles. The second kappa shape index (κ2) is 6.49. The van der Waals surface area contributed by atoms with Gasteiger partial charge in [-0.25, -0.2) is 4.39 Å². The zero-order chi connectivity index (χ0) is 15.4. The summed E-state index contributed by atoms with van der Waals surface area (Å²) < 4.78 is 13.8. The lowest BCUT2D eigenvalue weighted by Crippen LogP contribution is -2.17. The van der Waals surface area contributed by atoms with E-state index in [1.165, 1.54) is 6.07 Å². The number of nitrogens with zero attached hydrogens (tertiary/aromatic N) is 3. The summed E-state index contributed by atoms with van der Waals surface area (Å²) in [5.74, 6) is -0.260. The van der Waals surface area contributed by atoms with Gasteiger partial charge in [-0.3, -0.25) is 15.0 Å². The molecule has 0 atom stereocenters. The molecule has 3 rings (SSSR count). The van der Waals surface area contributed by atoms with Gasteiger partial charge < -0.3 is 0 Å². The second-order valence-corrected chi connectivity index (χ2v) is 5.29. The third kappa shape index (κ3) is 3.38. The van der Waals surface area contributed by atoms with E-state index in [9.17, 15) is 4.39 Å². The van der Waals surface area contributed by atoms with Crippen molar-refractivity contribution in [3.05, 3.63) is 71.9 Å². The van der Waals surface area contributed by atoms with Crippen molar-refractivity contribution >= 4 is 0 Å². The largest absolute Gasteiger partial charge is 0.296 e. The fraction of sp³-hybridized carbons (Fsp3) is 0.176. The monoisotopic (exact) mass is 296 g/mol. The highest BCUT2D eigenvalue weighted by Crippen LogP contribution is 2.21. The lowest BCUT2D eigenvalue weighted by Gasteiger charge is -2.14. The average molecular weight is 296 g/mol. The number of aromatic nitrogens is 3. The lowest BCUT2D eigenvalue weighted by atomic mass is 10.1. The van der Waals surface area contributed by atoms with Gasteiger partial charge in [-0.05, 0) is 36.9 Å². The molecule has 0 aliphatic carbocycles. The van der Waals surface area contributed by atoms with Crippen molar-refractivity contribution in [2.75, 3.05) is 7.05 Å². The zero-order valence-corrected chi connectivity index (χ0v) is 12.3. The van der Waals surface area contributed by atoms with Crippen LogP contribution >= 0.6 is 0 Å². The Morgan fingerprint density at radius 1 is 1.14 bits per heavy atom. The molecule has 0 amide bonds. The molecule has 112 valence electrons. The summed E-state index contributed by atoms with van der Waals surface area (Å²) in [7, 11) is 2.02. The predicted octanol–water partition coefficient (Wildman–Crippen LogP) is 3.24. The first-order valence-electron chi connectivity index (χ1n) is 7.09. The van der Waals surface area contributed by atoms with Crippen LogP contribution in [-0.2, 0) is 13.1 Å². The van der Waals surface area contributed by atoms with E-state index in [2.05, 4.69) is 20.1 Å². The number of nitrogens with one attached hydrogen (secondary N) is 1. The molecular weight excluding hydrogens is 279 g/mol. The minimum atomic E-state index is -0.260. The number of halogens is 1. The van der Waals surface area contributed by atoms with E-state index in [4.69, 9.17) is 0 Å². The minimum absolute atomic E-state index is 0.260. The van der Waals surface area contributed by atoms with Gasteiger partial charge in [-0.1, -0.05) is 18.2 Å².